The molecule has 0 amide bonds. The molecule has 7 rings (SSSR count). The average Bonchev–Trinajstić information content (AvgIpc) is 3.13. The molecule has 8 nitrogen and oxygen atoms in total. The molecule has 2 N–H and O–H groups in total. The summed E-state index contributed by atoms with van der Waals surface area (Å²) in [4.78, 5) is 16.5. The van der Waals surface area contributed by atoms with E-state index in [1.54, 1.807) is 12.4 Å². The van der Waals surface area contributed by atoms with Crippen LogP contribution >= 0.6 is 11.6 Å². The van der Waals surface area contributed by atoms with Gasteiger partial charge in [-0.05, 0) is 37.5 Å². The Labute approximate surface area is 187 Å². The van der Waals surface area contributed by atoms with Crippen molar-refractivity contribution >= 4 is 33.9 Å². The van der Waals surface area contributed by atoms with Crippen molar-refractivity contribution in [3.05, 3.63) is 29.3 Å². The van der Waals surface area contributed by atoms with Gasteiger partial charge in [0.15, 0.2) is 5.94 Å². The molecule has 2 bridgehead atoms. The van der Waals surface area contributed by atoms with Crippen LogP contribution in [0.3, 0.4) is 0 Å². The molecule has 2 saturated heterocycles. The second kappa shape index (κ2) is 7.28. The summed E-state index contributed by atoms with van der Waals surface area (Å²) in [6.45, 7) is 1.79. The van der Waals surface area contributed by atoms with Gasteiger partial charge in [-0.1, -0.05) is 11.6 Å². The lowest BCUT2D eigenvalue weighted by molar-refractivity contribution is 0.104. The van der Waals surface area contributed by atoms with Crippen LogP contribution in [0.25, 0.3) is 0 Å². The molecule has 5 heterocycles. The van der Waals surface area contributed by atoms with E-state index in [-0.39, 0.29) is 18.1 Å². The van der Waals surface area contributed by atoms with Crippen molar-refractivity contribution in [3.8, 4) is 5.88 Å². The minimum atomic E-state index is -1.24. The maximum atomic E-state index is 12.5. The Morgan fingerprint density at radius 3 is 2.68 bits per heavy atom. The number of aromatic nitrogens is 3. The van der Waals surface area contributed by atoms with Gasteiger partial charge in [-0.25, -0.2) is 9.97 Å². The van der Waals surface area contributed by atoms with E-state index in [1.807, 2.05) is 6.07 Å². The highest BCUT2D eigenvalue weighted by Gasteiger charge is 2.49. The first kappa shape index (κ1) is 19.7. The van der Waals surface area contributed by atoms with E-state index in [2.05, 4.69) is 20.2 Å². The number of piperidine rings is 2. The number of hydrogen-bond acceptors (Lipinski definition) is 8. The van der Waals surface area contributed by atoms with Crippen LogP contribution < -0.4 is 15.0 Å². The number of halogens is 1. The van der Waals surface area contributed by atoms with Crippen LogP contribution in [0.5, 0.6) is 5.88 Å². The quantitative estimate of drug-likeness (QED) is 0.700. The summed E-state index contributed by atoms with van der Waals surface area (Å²) < 4.78 is 18.2. The molecule has 3 atom stereocenters. The molecule has 4 fully saturated rings. The smallest absolute Gasteiger partial charge is 0.235 e. The minimum Gasteiger partial charge on any atom is -0.463 e. The van der Waals surface area contributed by atoms with Gasteiger partial charge in [0.1, 0.15) is 16.5 Å². The van der Waals surface area contributed by atoms with Gasteiger partial charge in [0.2, 0.25) is 5.88 Å². The summed E-state index contributed by atoms with van der Waals surface area (Å²) in [5.74, 6) is 3.59. The van der Waals surface area contributed by atoms with E-state index in [0.717, 1.165) is 56.1 Å². The van der Waals surface area contributed by atoms with Gasteiger partial charge >= 0.3 is 0 Å². The zero-order valence-electron chi connectivity index (χ0n) is 17.0. The van der Waals surface area contributed by atoms with E-state index < -0.39 is 10.8 Å². The summed E-state index contributed by atoms with van der Waals surface area (Å²) in [7, 11) is -1.24. The second-order valence-corrected chi connectivity index (χ2v) is 10.9. The summed E-state index contributed by atoms with van der Waals surface area (Å²) in [6, 6.07) is 1.99. The molecule has 2 aliphatic carbocycles. The van der Waals surface area contributed by atoms with Gasteiger partial charge < -0.3 is 20.1 Å². The van der Waals surface area contributed by atoms with Crippen molar-refractivity contribution < 1.29 is 14.1 Å². The van der Waals surface area contributed by atoms with Crippen LogP contribution in [0.15, 0.2) is 23.4 Å². The molecule has 2 unspecified atom stereocenters. The van der Waals surface area contributed by atoms with E-state index in [4.69, 9.17) is 21.3 Å². The Bertz CT molecular complexity index is 1030. The van der Waals surface area contributed by atoms with Gasteiger partial charge in [-0.15, -0.1) is 0 Å². The third kappa shape index (κ3) is 3.20. The van der Waals surface area contributed by atoms with Crippen LogP contribution in [-0.4, -0.2) is 55.4 Å². The van der Waals surface area contributed by atoms with E-state index in [9.17, 15) is 9.32 Å². The van der Waals surface area contributed by atoms with Crippen molar-refractivity contribution in [3.63, 3.8) is 0 Å². The number of aliphatic hydroxyl groups excluding tert-OH is 1. The Kier molecular flexibility index (Phi) is 4.63. The molecule has 31 heavy (non-hydrogen) atoms. The molecule has 2 aromatic rings. The first-order chi connectivity index (χ1) is 15.0. The number of hydrogen-bond donors (Lipinski definition) is 2. The van der Waals surface area contributed by atoms with Crippen LogP contribution in [0.2, 0.25) is 5.02 Å². The number of nitrogens with one attached hydrogen (secondary N) is 1. The highest BCUT2D eigenvalue weighted by atomic mass is 35.5. The van der Waals surface area contributed by atoms with Gasteiger partial charge in [-0.3, -0.25) is 4.21 Å². The maximum Gasteiger partial charge on any atom is 0.235 e. The fraction of sp³-hybridized carbons (Fsp3) is 0.571. The van der Waals surface area contributed by atoms with E-state index in [1.165, 1.54) is 0 Å². The summed E-state index contributed by atoms with van der Waals surface area (Å²) >= 11 is 5.95. The average molecular weight is 462 g/mol. The number of ether oxygens (including phenoxy) is 1. The number of fused-ring (bicyclic) bond motifs is 3. The topological polar surface area (TPSA) is 100 Å². The Morgan fingerprint density at radius 2 is 2.03 bits per heavy atom. The molecule has 0 radical (unpaired) electrons. The maximum absolute atomic E-state index is 12.5. The lowest BCUT2D eigenvalue weighted by atomic mass is 9.61. The number of aliphatic hydroxyl groups is 1. The second-order valence-electron chi connectivity index (χ2n) is 9.13. The normalized spacial score (nSPS) is 30.1. The van der Waals surface area contributed by atoms with Gasteiger partial charge in [0.05, 0.1) is 33.7 Å². The number of rotatable bonds is 5. The largest absolute Gasteiger partial charge is 0.463 e. The molecule has 2 aromatic heterocycles. The van der Waals surface area contributed by atoms with Crippen LogP contribution in [0, 0.1) is 11.8 Å². The van der Waals surface area contributed by atoms with Crippen molar-refractivity contribution in [1.82, 2.24) is 15.0 Å². The Morgan fingerprint density at radius 1 is 1.29 bits per heavy atom. The lowest BCUT2D eigenvalue weighted by Crippen LogP contribution is -2.54. The van der Waals surface area contributed by atoms with Gasteiger partial charge in [0.25, 0.3) is 0 Å². The molecule has 3 aliphatic heterocycles. The Balaban J connectivity index is 1.27. The van der Waals surface area contributed by atoms with Crippen molar-refractivity contribution in [2.45, 2.75) is 42.0 Å². The standard InChI is InChI=1S/C21H24ClN5O3S/c22-14-6-23-19(24-7-14)17-12-4-13(17)9-27(8-12)16-5-15(26-21(10-28)2-1-3-21)18-20(25-16)30-11-31(18)29/h5-7,12-13,17,28H,1-4,8-11H2,(H,25,26)/t12?,13?,17?,31-/m0/s1. The van der Waals surface area contributed by atoms with E-state index >= 15 is 0 Å². The summed E-state index contributed by atoms with van der Waals surface area (Å²) in [6.07, 6.45) is 7.39. The number of pyridine rings is 1. The number of anilines is 2. The highest BCUT2D eigenvalue weighted by Crippen LogP contribution is 2.52. The zero-order valence-corrected chi connectivity index (χ0v) is 18.5. The molecule has 2 saturated carbocycles. The third-order valence-corrected chi connectivity index (χ3v) is 8.64. The molecule has 10 heteroatoms. The molecule has 0 spiro atoms. The minimum absolute atomic E-state index is 0.0591. The third-order valence-electron chi connectivity index (χ3n) is 7.27. The molecule has 164 valence electrons. The fourth-order valence-electron chi connectivity index (χ4n) is 5.44. The first-order valence-corrected chi connectivity index (χ1v) is 12.4. The Hall–Kier alpha value is -1.97. The number of nitrogens with zero attached hydrogens (tertiary/aromatic N) is 4. The van der Waals surface area contributed by atoms with E-state index in [0.29, 0.717) is 33.6 Å². The first-order valence-electron chi connectivity index (χ1n) is 10.7. The van der Waals surface area contributed by atoms with Gasteiger partial charge in [-0.2, -0.15) is 4.98 Å². The molecular weight excluding hydrogens is 438 g/mol. The monoisotopic (exact) mass is 461 g/mol. The van der Waals surface area contributed by atoms with Crippen molar-refractivity contribution in [2.24, 2.45) is 11.8 Å². The van der Waals surface area contributed by atoms with Gasteiger partial charge in [0, 0.05) is 37.5 Å². The summed E-state index contributed by atoms with van der Waals surface area (Å²) in [5.41, 5.74) is 0.446. The zero-order chi connectivity index (χ0) is 21.2. The fourth-order valence-corrected chi connectivity index (χ4v) is 6.53. The van der Waals surface area contributed by atoms with Crippen molar-refractivity contribution in [2.75, 3.05) is 35.9 Å². The van der Waals surface area contributed by atoms with Crippen molar-refractivity contribution in [1.29, 1.82) is 0 Å². The molecule has 5 aliphatic rings. The predicted molar refractivity (Wildman–Crippen MR) is 117 cm³/mol. The summed E-state index contributed by atoms with van der Waals surface area (Å²) in [5, 5.41) is 14.0. The molecule has 0 aromatic carbocycles. The lowest BCUT2D eigenvalue weighted by Gasteiger charge is -2.53. The van der Waals surface area contributed by atoms with Crippen LogP contribution in [0.1, 0.15) is 37.4 Å². The van der Waals surface area contributed by atoms with Crippen LogP contribution in [-0.2, 0) is 10.8 Å². The predicted octanol–water partition coefficient (Wildman–Crippen LogP) is 2.55. The molecular formula is C21H24ClN5O3S. The SMILES string of the molecule is O=[S@]1COc2nc(N3CC4CC(C3)C4c3ncc(Cl)cn3)cc(NC3(CO)CCC3)c21. The highest BCUT2D eigenvalue weighted by molar-refractivity contribution is 7.85. The van der Waals surface area contributed by atoms with Crippen LogP contribution in [0.4, 0.5) is 11.5 Å².